The van der Waals surface area contributed by atoms with Crippen molar-refractivity contribution in [2.24, 2.45) is 0 Å². The Labute approximate surface area is 159 Å². The van der Waals surface area contributed by atoms with Crippen molar-refractivity contribution in [1.29, 1.82) is 0 Å². The Balaban J connectivity index is 1.44. The van der Waals surface area contributed by atoms with Gasteiger partial charge >= 0.3 is 0 Å². The minimum Gasteiger partial charge on any atom is -0.378 e. The molecule has 0 bridgehead atoms. The van der Waals surface area contributed by atoms with Gasteiger partial charge in [0.2, 0.25) is 0 Å². The number of carbonyl (C=O) groups excluding carboxylic acids is 1. The van der Waals surface area contributed by atoms with Crippen LogP contribution in [0.3, 0.4) is 0 Å². The first-order chi connectivity index (χ1) is 13.3. The third kappa shape index (κ3) is 3.24. The van der Waals surface area contributed by atoms with E-state index in [9.17, 15) is 4.79 Å². The van der Waals surface area contributed by atoms with Gasteiger partial charge < -0.3 is 14.0 Å². The lowest BCUT2D eigenvalue weighted by Crippen LogP contribution is -2.49. The van der Waals surface area contributed by atoms with Crippen LogP contribution in [0.1, 0.15) is 29.0 Å². The van der Waals surface area contributed by atoms with E-state index in [1.54, 1.807) is 0 Å². The van der Waals surface area contributed by atoms with Crippen LogP contribution in [0, 0.1) is 0 Å². The lowest BCUT2D eigenvalue weighted by atomic mass is 10.1. The normalized spacial score (nSPS) is 24.4. The molecule has 0 saturated carbocycles. The van der Waals surface area contributed by atoms with Gasteiger partial charge in [-0.1, -0.05) is 6.07 Å². The Hall–Kier alpha value is -1.96. The quantitative estimate of drug-likeness (QED) is 0.811. The number of imidazole rings is 1. The zero-order chi connectivity index (χ0) is 18.2. The highest BCUT2D eigenvalue weighted by Crippen LogP contribution is 2.24. The molecule has 0 spiro atoms. The van der Waals surface area contributed by atoms with Crippen LogP contribution >= 0.6 is 0 Å². The second-order valence-electron chi connectivity index (χ2n) is 7.81. The van der Waals surface area contributed by atoms with Crippen LogP contribution in [-0.2, 0) is 11.3 Å². The molecule has 3 aliphatic rings. The van der Waals surface area contributed by atoms with Gasteiger partial charge in [-0.15, -0.1) is 0 Å². The van der Waals surface area contributed by atoms with E-state index in [0.717, 1.165) is 37.5 Å². The summed E-state index contributed by atoms with van der Waals surface area (Å²) in [7, 11) is 0. The van der Waals surface area contributed by atoms with E-state index >= 15 is 0 Å². The monoisotopic (exact) mass is 369 g/mol. The predicted octanol–water partition coefficient (Wildman–Crippen LogP) is 1.09. The van der Waals surface area contributed by atoms with E-state index < -0.39 is 0 Å². The van der Waals surface area contributed by atoms with Gasteiger partial charge in [0, 0.05) is 51.5 Å². The van der Waals surface area contributed by atoms with Crippen LogP contribution in [0.25, 0.3) is 5.65 Å². The Morgan fingerprint density at radius 2 is 2.04 bits per heavy atom. The molecule has 3 saturated heterocycles. The van der Waals surface area contributed by atoms with Gasteiger partial charge in [-0.2, -0.15) is 0 Å². The van der Waals surface area contributed by atoms with Crippen molar-refractivity contribution in [2.75, 3.05) is 52.5 Å². The summed E-state index contributed by atoms with van der Waals surface area (Å²) in [4.78, 5) is 24.9. The number of fused-ring (bicyclic) bond motifs is 2. The summed E-state index contributed by atoms with van der Waals surface area (Å²) >= 11 is 0. The van der Waals surface area contributed by atoms with Gasteiger partial charge in [0.15, 0.2) is 5.69 Å². The highest BCUT2D eigenvalue weighted by Gasteiger charge is 2.32. The van der Waals surface area contributed by atoms with Gasteiger partial charge in [0.05, 0.1) is 18.9 Å². The van der Waals surface area contributed by atoms with Gasteiger partial charge in [-0.25, -0.2) is 4.98 Å². The first kappa shape index (κ1) is 17.2. The van der Waals surface area contributed by atoms with Crippen molar-refractivity contribution in [3.05, 3.63) is 35.8 Å². The third-order valence-electron chi connectivity index (χ3n) is 6.17. The predicted molar refractivity (Wildman–Crippen MR) is 102 cm³/mol. The highest BCUT2D eigenvalue weighted by molar-refractivity contribution is 5.94. The third-order valence-corrected chi connectivity index (χ3v) is 6.17. The number of piperazine rings is 1. The van der Waals surface area contributed by atoms with E-state index in [0.29, 0.717) is 38.0 Å². The number of pyridine rings is 1. The Morgan fingerprint density at radius 1 is 1.15 bits per heavy atom. The number of ether oxygens (including phenoxy) is 1. The summed E-state index contributed by atoms with van der Waals surface area (Å²) < 4.78 is 7.50. The summed E-state index contributed by atoms with van der Waals surface area (Å²) in [5.41, 5.74) is 2.48. The van der Waals surface area contributed by atoms with Crippen LogP contribution in [-0.4, -0.2) is 88.5 Å². The molecule has 3 fully saturated rings. The molecule has 2 aromatic rings. The van der Waals surface area contributed by atoms with Crippen LogP contribution in [0.15, 0.2) is 24.4 Å². The molecule has 0 N–H and O–H groups in total. The first-order valence-corrected chi connectivity index (χ1v) is 10.1. The number of aromatic nitrogens is 2. The summed E-state index contributed by atoms with van der Waals surface area (Å²) in [6.45, 7) is 7.81. The summed E-state index contributed by atoms with van der Waals surface area (Å²) in [5.74, 6) is 0.0384. The molecular formula is C20H27N5O2. The maximum Gasteiger partial charge on any atom is 0.274 e. The van der Waals surface area contributed by atoms with Crippen molar-refractivity contribution in [1.82, 2.24) is 24.1 Å². The number of morpholine rings is 1. The van der Waals surface area contributed by atoms with Crippen molar-refractivity contribution < 1.29 is 9.53 Å². The average molecular weight is 369 g/mol. The summed E-state index contributed by atoms with van der Waals surface area (Å²) in [6.07, 6.45) is 4.64. The van der Waals surface area contributed by atoms with Crippen molar-refractivity contribution >= 4 is 11.6 Å². The Bertz CT molecular complexity index is 829. The average Bonchev–Trinajstić information content (AvgIpc) is 3.33. The molecule has 0 radical (unpaired) electrons. The fourth-order valence-electron chi connectivity index (χ4n) is 4.70. The molecule has 1 atom stereocenters. The molecule has 27 heavy (non-hydrogen) atoms. The highest BCUT2D eigenvalue weighted by atomic mass is 16.5. The van der Waals surface area contributed by atoms with E-state index in [1.807, 2.05) is 29.3 Å². The van der Waals surface area contributed by atoms with Gasteiger partial charge in [-0.3, -0.25) is 14.6 Å². The molecule has 7 heteroatoms. The SMILES string of the molecule is O=C(c1nc2ccccn2c1CN1CCN2CCC[C@@H]2C1)N1CCOCC1. The topological polar surface area (TPSA) is 53.3 Å². The van der Waals surface area contributed by atoms with Gasteiger partial charge in [0.1, 0.15) is 5.65 Å². The summed E-state index contributed by atoms with van der Waals surface area (Å²) in [5, 5.41) is 0. The zero-order valence-corrected chi connectivity index (χ0v) is 15.7. The zero-order valence-electron chi connectivity index (χ0n) is 15.7. The van der Waals surface area contributed by atoms with Crippen molar-refractivity contribution in [2.45, 2.75) is 25.4 Å². The number of hydrogen-bond donors (Lipinski definition) is 0. The number of hydrogen-bond acceptors (Lipinski definition) is 5. The van der Waals surface area contributed by atoms with Crippen molar-refractivity contribution in [3.8, 4) is 0 Å². The van der Waals surface area contributed by atoms with E-state index in [-0.39, 0.29) is 5.91 Å². The second kappa shape index (κ2) is 7.22. The molecule has 2 aromatic heterocycles. The summed E-state index contributed by atoms with van der Waals surface area (Å²) in [6, 6.07) is 6.65. The Morgan fingerprint density at radius 3 is 2.93 bits per heavy atom. The van der Waals surface area contributed by atoms with Crippen LogP contribution in [0.5, 0.6) is 0 Å². The lowest BCUT2D eigenvalue weighted by molar-refractivity contribution is 0.0297. The molecule has 0 aromatic carbocycles. The molecule has 144 valence electrons. The van der Waals surface area contributed by atoms with E-state index in [1.165, 1.54) is 19.4 Å². The number of carbonyl (C=O) groups is 1. The molecule has 0 aliphatic carbocycles. The molecule has 0 unspecified atom stereocenters. The maximum absolute atomic E-state index is 13.2. The van der Waals surface area contributed by atoms with Crippen LogP contribution < -0.4 is 0 Å². The molecule has 1 amide bonds. The van der Waals surface area contributed by atoms with E-state index in [2.05, 4.69) is 14.2 Å². The number of amides is 1. The first-order valence-electron chi connectivity index (χ1n) is 10.1. The molecule has 5 heterocycles. The minimum atomic E-state index is 0.0384. The van der Waals surface area contributed by atoms with Gasteiger partial charge in [0.25, 0.3) is 5.91 Å². The smallest absolute Gasteiger partial charge is 0.274 e. The second-order valence-corrected chi connectivity index (χ2v) is 7.81. The lowest BCUT2D eigenvalue weighted by Gasteiger charge is -2.37. The van der Waals surface area contributed by atoms with Crippen molar-refractivity contribution in [3.63, 3.8) is 0 Å². The molecule has 3 aliphatic heterocycles. The Kier molecular flexibility index (Phi) is 4.59. The number of rotatable bonds is 3. The molecular weight excluding hydrogens is 342 g/mol. The van der Waals surface area contributed by atoms with Crippen LogP contribution in [0.2, 0.25) is 0 Å². The minimum absolute atomic E-state index is 0.0384. The van der Waals surface area contributed by atoms with E-state index in [4.69, 9.17) is 9.72 Å². The maximum atomic E-state index is 13.2. The largest absolute Gasteiger partial charge is 0.378 e. The fraction of sp³-hybridized carbons (Fsp3) is 0.600. The standard InChI is InChI=1S/C20H27N5O2/c26-20(24-10-12-27-13-11-24)19-17(25-7-2-1-5-18(25)21-19)15-22-8-9-23-6-3-4-16(23)14-22/h1-2,5,7,16H,3-4,6,8-15H2/t16-/m1/s1. The molecule has 7 nitrogen and oxygen atoms in total. The fourth-order valence-corrected chi connectivity index (χ4v) is 4.70. The number of nitrogens with zero attached hydrogens (tertiary/aromatic N) is 5. The molecule has 5 rings (SSSR count). The van der Waals surface area contributed by atoms with Crippen LogP contribution in [0.4, 0.5) is 0 Å². The van der Waals surface area contributed by atoms with Gasteiger partial charge in [-0.05, 0) is 31.5 Å².